The van der Waals surface area contributed by atoms with Gasteiger partial charge in [0.15, 0.2) is 0 Å². The largest absolute Gasteiger partial charge is 0.324 e. The van der Waals surface area contributed by atoms with E-state index in [9.17, 15) is 9.59 Å². The van der Waals surface area contributed by atoms with Gasteiger partial charge in [-0.05, 0) is 25.0 Å². The Morgan fingerprint density at radius 2 is 2.11 bits per heavy atom. The van der Waals surface area contributed by atoms with Crippen LogP contribution in [0.2, 0.25) is 0 Å². The number of carbonyl (C=O) groups is 2. The van der Waals surface area contributed by atoms with Crippen LogP contribution in [0.5, 0.6) is 0 Å². The number of hydrogen-bond donors (Lipinski definition) is 1. The van der Waals surface area contributed by atoms with Crippen molar-refractivity contribution in [1.29, 1.82) is 0 Å². The maximum Gasteiger partial charge on any atom is 0.227 e. The normalized spacial score (nSPS) is 18.8. The molecule has 0 saturated carbocycles. The Hall–Kier alpha value is -1.84. The molecule has 102 valence electrons. The van der Waals surface area contributed by atoms with Crippen LogP contribution in [0.4, 0.5) is 11.4 Å². The Bertz CT molecular complexity index is 497. The molecule has 0 aromatic heterocycles. The highest BCUT2D eigenvalue weighted by atomic mass is 16.2. The summed E-state index contributed by atoms with van der Waals surface area (Å²) in [5.41, 5.74) is 1.51. The van der Waals surface area contributed by atoms with E-state index in [1.54, 1.807) is 4.90 Å². The molecule has 0 fully saturated rings. The van der Waals surface area contributed by atoms with E-state index in [-0.39, 0.29) is 17.9 Å². The lowest BCUT2D eigenvalue weighted by Gasteiger charge is -2.28. The predicted octanol–water partition coefficient (Wildman–Crippen LogP) is 2.80. The maximum atomic E-state index is 12.4. The second-order valence-electron chi connectivity index (χ2n) is 5.48. The zero-order valence-corrected chi connectivity index (χ0v) is 11.6. The summed E-state index contributed by atoms with van der Waals surface area (Å²) in [6.45, 7) is 5.96. The van der Waals surface area contributed by atoms with Crippen molar-refractivity contribution < 1.29 is 9.59 Å². The molecular formula is C15H20N2O2. The highest BCUT2D eigenvalue weighted by Gasteiger charge is 2.29. The van der Waals surface area contributed by atoms with Crippen LogP contribution in [0.15, 0.2) is 24.3 Å². The number of para-hydroxylation sites is 2. The third-order valence-electron chi connectivity index (χ3n) is 3.21. The molecule has 0 radical (unpaired) electrons. The van der Waals surface area contributed by atoms with Gasteiger partial charge in [-0.25, -0.2) is 0 Å². The molecule has 1 heterocycles. The van der Waals surface area contributed by atoms with E-state index in [0.29, 0.717) is 24.4 Å². The van der Waals surface area contributed by atoms with Gasteiger partial charge in [-0.3, -0.25) is 9.59 Å². The number of rotatable bonds is 2. The highest BCUT2D eigenvalue weighted by Crippen LogP contribution is 2.32. The fourth-order valence-corrected chi connectivity index (χ4v) is 2.42. The quantitative estimate of drug-likeness (QED) is 0.889. The van der Waals surface area contributed by atoms with Crippen molar-refractivity contribution in [2.75, 3.05) is 10.2 Å². The van der Waals surface area contributed by atoms with Crippen LogP contribution < -0.4 is 10.2 Å². The van der Waals surface area contributed by atoms with E-state index in [0.717, 1.165) is 5.69 Å². The first-order valence-corrected chi connectivity index (χ1v) is 6.70. The number of carbonyl (C=O) groups excluding carboxylic acids is 2. The van der Waals surface area contributed by atoms with Gasteiger partial charge in [-0.1, -0.05) is 26.0 Å². The first kappa shape index (κ1) is 13.6. The van der Waals surface area contributed by atoms with E-state index in [2.05, 4.69) is 5.32 Å². The zero-order chi connectivity index (χ0) is 14.0. The standard InChI is InChI=1S/C15H20N2O2/c1-10(2)8-15(19)17-11(3)9-14(18)16-12-6-4-5-7-13(12)17/h4-7,10-11H,8-9H2,1-3H3,(H,16,18)/t11-/m0/s1. The smallest absolute Gasteiger partial charge is 0.227 e. The lowest BCUT2D eigenvalue weighted by molar-refractivity contribution is -0.120. The van der Waals surface area contributed by atoms with Gasteiger partial charge in [0.1, 0.15) is 0 Å². The van der Waals surface area contributed by atoms with Crippen LogP contribution in [0, 0.1) is 5.92 Å². The van der Waals surface area contributed by atoms with Gasteiger partial charge in [0, 0.05) is 18.9 Å². The lowest BCUT2D eigenvalue weighted by atomic mass is 10.1. The Morgan fingerprint density at radius 1 is 1.42 bits per heavy atom. The molecule has 0 saturated heterocycles. The van der Waals surface area contributed by atoms with Crippen molar-refractivity contribution in [3.8, 4) is 0 Å². The summed E-state index contributed by atoms with van der Waals surface area (Å²) in [5.74, 6) is 0.338. The van der Waals surface area contributed by atoms with Gasteiger partial charge in [-0.2, -0.15) is 0 Å². The Labute approximate surface area is 113 Å². The Balaban J connectivity index is 2.40. The summed E-state index contributed by atoms with van der Waals surface area (Å²) in [5, 5.41) is 2.86. The number of fused-ring (bicyclic) bond motifs is 1. The van der Waals surface area contributed by atoms with Crippen molar-refractivity contribution >= 4 is 23.2 Å². The minimum atomic E-state index is -0.116. The molecule has 1 aliphatic heterocycles. The molecule has 4 nitrogen and oxygen atoms in total. The maximum absolute atomic E-state index is 12.4. The van der Waals surface area contributed by atoms with Gasteiger partial charge in [0.2, 0.25) is 11.8 Å². The van der Waals surface area contributed by atoms with Crippen molar-refractivity contribution in [3.05, 3.63) is 24.3 Å². The van der Waals surface area contributed by atoms with E-state index >= 15 is 0 Å². The second kappa shape index (κ2) is 5.43. The van der Waals surface area contributed by atoms with Gasteiger partial charge in [-0.15, -0.1) is 0 Å². The molecule has 2 amide bonds. The first-order chi connectivity index (χ1) is 8.99. The van der Waals surface area contributed by atoms with Crippen molar-refractivity contribution in [2.24, 2.45) is 5.92 Å². The molecule has 4 heteroatoms. The topological polar surface area (TPSA) is 49.4 Å². The van der Waals surface area contributed by atoms with Crippen LogP contribution in [-0.2, 0) is 9.59 Å². The summed E-state index contributed by atoms with van der Waals surface area (Å²) in [6, 6.07) is 7.35. The number of amides is 2. The molecule has 1 aliphatic rings. The predicted molar refractivity (Wildman–Crippen MR) is 76.1 cm³/mol. The molecule has 0 spiro atoms. The van der Waals surface area contributed by atoms with E-state index in [1.165, 1.54) is 0 Å². The van der Waals surface area contributed by atoms with Crippen molar-refractivity contribution in [2.45, 2.75) is 39.7 Å². The second-order valence-corrected chi connectivity index (χ2v) is 5.48. The van der Waals surface area contributed by atoms with Crippen LogP contribution >= 0.6 is 0 Å². The fourth-order valence-electron chi connectivity index (χ4n) is 2.42. The average Bonchev–Trinajstić information content (AvgIpc) is 2.42. The molecule has 0 bridgehead atoms. The average molecular weight is 260 g/mol. The summed E-state index contributed by atoms with van der Waals surface area (Å²) < 4.78 is 0. The molecule has 1 aromatic rings. The van der Waals surface area contributed by atoms with Crippen LogP contribution in [-0.4, -0.2) is 17.9 Å². The molecule has 0 unspecified atom stereocenters. The molecule has 1 atom stereocenters. The third kappa shape index (κ3) is 2.95. The molecule has 1 N–H and O–H groups in total. The Morgan fingerprint density at radius 3 is 2.79 bits per heavy atom. The first-order valence-electron chi connectivity index (χ1n) is 6.70. The van der Waals surface area contributed by atoms with Crippen LogP contribution in [0.3, 0.4) is 0 Å². The number of nitrogens with one attached hydrogen (secondary N) is 1. The molecule has 2 rings (SSSR count). The van der Waals surface area contributed by atoms with Gasteiger partial charge < -0.3 is 10.2 Å². The lowest BCUT2D eigenvalue weighted by Crippen LogP contribution is -2.39. The van der Waals surface area contributed by atoms with Crippen LogP contribution in [0.25, 0.3) is 0 Å². The number of anilines is 2. The number of benzene rings is 1. The van der Waals surface area contributed by atoms with Gasteiger partial charge in [0.25, 0.3) is 0 Å². The van der Waals surface area contributed by atoms with Crippen LogP contribution in [0.1, 0.15) is 33.6 Å². The minimum absolute atomic E-state index is 0.0419. The van der Waals surface area contributed by atoms with Gasteiger partial charge in [0.05, 0.1) is 11.4 Å². The third-order valence-corrected chi connectivity index (χ3v) is 3.21. The number of nitrogens with zero attached hydrogens (tertiary/aromatic N) is 1. The summed E-state index contributed by atoms with van der Waals surface area (Å²) >= 11 is 0. The highest BCUT2D eigenvalue weighted by molar-refractivity contribution is 6.04. The Kier molecular flexibility index (Phi) is 3.88. The summed E-state index contributed by atoms with van der Waals surface area (Å²) in [7, 11) is 0. The molecule has 19 heavy (non-hydrogen) atoms. The number of hydrogen-bond acceptors (Lipinski definition) is 2. The summed E-state index contributed by atoms with van der Waals surface area (Å²) in [4.78, 5) is 26.0. The summed E-state index contributed by atoms with van der Waals surface area (Å²) in [6.07, 6.45) is 0.825. The van der Waals surface area contributed by atoms with E-state index in [4.69, 9.17) is 0 Å². The van der Waals surface area contributed by atoms with Crippen molar-refractivity contribution in [3.63, 3.8) is 0 Å². The van der Waals surface area contributed by atoms with E-state index in [1.807, 2.05) is 45.0 Å². The molecular weight excluding hydrogens is 240 g/mol. The minimum Gasteiger partial charge on any atom is -0.324 e. The SMILES string of the molecule is CC(C)CC(=O)N1c2ccccc2NC(=O)C[C@@H]1C. The van der Waals surface area contributed by atoms with Crippen molar-refractivity contribution in [1.82, 2.24) is 0 Å². The van der Waals surface area contributed by atoms with Gasteiger partial charge >= 0.3 is 0 Å². The molecule has 1 aromatic carbocycles. The fraction of sp³-hybridized carbons (Fsp3) is 0.467. The van der Waals surface area contributed by atoms with E-state index < -0.39 is 0 Å². The molecule has 0 aliphatic carbocycles. The monoisotopic (exact) mass is 260 g/mol. The zero-order valence-electron chi connectivity index (χ0n) is 11.6.